The van der Waals surface area contributed by atoms with E-state index in [4.69, 9.17) is 5.73 Å². The van der Waals surface area contributed by atoms with Crippen LogP contribution in [0, 0.1) is 40.4 Å². The van der Waals surface area contributed by atoms with Crippen LogP contribution in [0.1, 0.15) is 64.0 Å². The van der Waals surface area contributed by atoms with Gasteiger partial charge in [0, 0.05) is 23.2 Å². The number of nitrogens with zero attached hydrogens (tertiary/aromatic N) is 1. The van der Waals surface area contributed by atoms with Gasteiger partial charge >= 0.3 is 0 Å². The number of rotatable bonds is 4. The number of nitrogens with two attached hydrogens (primary N) is 1. The first kappa shape index (κ1) is 45.0. The number of ketones is 5. The monoisotopic (exact) mass is 854 g/mol. The minimum atomic E-state index is -3.02. The normalized spacial score (nSPS) is 40.2. The number of hydrogen-bond acceptors (Lipinski definition) is 15. The van der Waals surface area contributed by atoms with E-state index in [0.29, 0.717) is 12.8 Å². The highest BCUT2D eigenvalue weighted by molar-refractivity contribution is 6.24. The molecule has 4 saturated carbocycles. The van der Waals surface area contributed by atoms with Crippen molar-refractivity contribution in [3.05, 3.63) is 70.0 Å². The molecule has 0 spiro atoms. The number of benzene rings is 1. The molecule has 17 heteroatoms. The maximum absolute atomic E-state index is 13.7. The summed E-state index contributed by atoms with van der Waals surface area (Å²) < 4.78 is 0. The molecule has 0 aliphatic heterocycles. The summed E-state index contributed by atoms with van der Waals surface area (Å²) in [6.45, 7) is 4.44. The third-order valence-corrected chi connectivity index (χ3v) is 15.0. The van der Waals surface area contributed by atoms with Gasteiger partial charge in [0.05, 0.1) is 40.7 Å². The third-order valence-electron chi connectivity index (χ3n) is 15.0. The molecule has 1 aromatic rings. The van der Waals surface area contributed by atoms with Crippen LogP contribution in [-0.4, -0.2) is 125 Å². The number of Topliss-reactive ketones (excluding diaryl/α,β-unsaturated/α-hetero) is 4. The minimum Gasteiger partial charge on any atom is -0.508 e. The zero-order valence-electron chi connectivity index (χ0n) is 33.7. The van der Waals surface area contributed by atoms with Crippen molar-refractivity contribution in [3.8, 4) is 5.75 Å². The summed E-state index contributed by atoms with van der Waals surface area (Å²) >= 11 is 0. The Labute approximate surface area is 351 Å². The molecule has 16 nitrogen and oxygen atoms in total. The smallest absolute Gasteiger partial charge is 0.255 e. The van der Waals surface area contributed by atoms with Crippen molar-refractivity contribution in [1.82, 2.24) is 4.90 Å². The number of halogens is 1. The number of aliphatic hydroxyl groups is 7. The van der Waals surface area contributed by atoms with Gasteiger partial charge in [0.15, 0.2) is 23.0 Å². The molecule has 7 aliphatic carbocycles. The molecule has 60 heavy (non-hydrogen) atoms. The Hall–Kier alpha value is -4.55. The van der Waals surface area contributed by atoms with Crippen molar-refractivity contribution in [1.29, 1.82) is 0 Å². The fourth-order valence-electron chi connectivity index (χ4n) is 12.2. The fourth-order valence-corrected chi connectivity index (χ4v) is 12.2. The Morgan fingerprint density at radius 3 is 2.22 bits per heavy atom. The Balaban J connectivity index is 0.000000203. The summed E-state index contributed by atoms with van der Waals surface area (Å²) in [4.78, 5) is 77.3. The number of hydrogen-bond donors (Lipinski definition) is 9. The molecule has 10 N–H and O–H groups in total. The SMILES string of the molecule is CN(C)[C@@H]1C(=O)C(C(N)=O)=C(O)[C@@]2(O)C(=O)C3=C(O)c4c(O)cccc4[C@](C)(O)[C@H]3[C@H](O)[C@@H]12.C[C@]12C=CC(=O)C=C1CC[C@@H]1[C@@H]2C(=O)C[C@@]2(C)[C@H]1CC[C@]2(O)C(=O)CO.Cl. The summed E-state index contributed by atoms with van der Waals surface area (Å²) in [7, 11) is 2.80. The molecule has 324 valence electrons. The van der Waals surface area contributed by atoms with E-state index in [1.807, 2.05) is 19.9 Å². The van der Waals surface area contributed by atoms with Gasteiger partial charge < -0.3 is 46.6 Å². The van der Waals surface area contributed by atoms with Crippen molar-refractivity contribution in [2.24, 2.45) is 46.2 Å². The molecule has 0 heterocycles. The van der Waals surface area contributed by atoms with Crippen LogP contribution >= 0.6 is 12.4 Å². The zero-order chi connectivity index (χ0) is 43.7. The second kappa shape index (κ2) is 14.5. The molecular formula is C43H51ClN2O14. The first-order chi connectivity index (χ1) is 27.4. The Kier molecular flexibility index (Phi) is 10.9. The lowest BCUT2D eigenvalue weighted by Crippen LogP contribution is -2.71. The molecule has 1 amide bonds. The maximum atomic E-state index is 13.7. The highest BCUT2D eigenvalue weighted by Crippen LogP contribution is 2.66. The first-order valence-corrected chi connectivity index (χ1v) is 19.6. The molecule has 7 aliphatic rings. The van der Waals surface area contributed by atoms with Gasteiger partial charge in [-0.25, -0.2) is 0 Å². The Morgan fingerprint density at radius 2 is 1.62 bits per heavy atom. The number of aliphatic hydroxyl groups excluding tert-OH is 4. The number of carbonyl (C=O) groups excluding carboxylic acids is 6. The topological polar surface area (TPSA) is 294 Å². The predicted molar refractivity (Wildman–Crippen MR) is 213 cm³/mol. The highest BCUT2D eigenvalue weighted by atomic mass is 35.5. The largest absolute Gasteiger partial charge is 0.508 e. The van der Waals surface area contributed by atoms with E-state index < -0.39 is 110 Å². The molecule has 4 fully saturated rings. The van der Waals surface area contributed by atoms with Gasteiger partial charge in [-0.05, 0) is 82.3 Å². The van der Waals surface area contributed by atoms with Gasteiger partial charge in [0.1, 0.15) is 40.8 Å². The summed E-state index contributed by atoms with van der Waals surface area (Å²) in [5.74, 6) is -10.3. The van der Waals surface area contributed by atoms with Crippen molar-refractivity contribution in [2.45, 2.75) is 81.8 Å². The lowest BCUT2D eigenvalue weighted by Gasteiger charge is -2.56. The van der Waals surface area contributed by atoms with Gasteiger partial charge in [0.2, 0.25) is 5.78 Å². The van der Waals surface area contributed by atoms with Gasteiger partial charge in [0.25, 0.3) is 5.91 Å². The second-order valence-electron chi connectivity index (χ2n) is 18.1. The highest BCUT2D eigenvalue weighted by Gasteiger charge is 2.71. The number of carbonyl (C=O) groups is 6. The van der Waals surface area contributed by atoms with Crippen LogP contribution in [0.15, 0.2) is 58.9 Å². The van der Waals surface area contributed by atoms with E-state index in [9.17, 15) is 69.6 Å². The quantitative estimate of drug-likeness (QED) is 0.189. The number of phenols is 1. The second-order valence-corrected chi connectivity index (χ2v) is 18.1. The van der Waals surface area contributed by atoms with Crippen LogP contribution < -0.4 is 5.73 Å². The van der Waals surface area contributed by atoms with Gasteiger partial charge in [-0.2, -0.15) is 0 Å². The molecule has 8 rings (SSSR count). The van der Waals surface area contributed by atoms with E-state index in [1.165, 1.54) is 44.1 Å². The zero-order valence-corrected chi connectivity index (χ0v) is 34.5. The number of amides is 1. The predicted octanol–water partition coefficient (Wildman–Crippen LogP) is 0.787. The molecule has 0 bridgehead atoms. The average molecular weight is 855 g/mol. The fraction of sp³-hybridized carbons (Fsp3) is 0.535. The molecule has 0 aromatic heterocycles. The van der Waals surface area contributed by atoms with E-state index in [1.54, 1.807) is 12.2 Å². The number of aromatic hydroxyl groups is 1. The van der Waals surface area contributed by atoms with Crippen LogP contribution in [-0.2, 0) is 34.4 Å². The molecule has 0 unspecified atom stereocenters. The van der Waals surface area contributed by atoms with E-state index >= 15 is 0 Å². The average Bonchev–Trinajstić information content (AvgIpc) is 3.43. The lowest BCUT2D eigenvalue weighted by molar-refractivity contribution is -0.181. The third kappa shape index (κ3) is 5.71. The number of phenolic OH excluding ortho intramolecular Hbond substituents is 1. The van der Waals surface area contributed by atoms with Crippen molar-refractivity contribution in [3.63, 3.8) is 0 Å². The number of fused-ring (bicyclic) bond motifs is 8. The van der Waals surface area contributed by atoms with Crippen LogP contribution in [0.25, 0.3) is 5.76 Å². The summed E-state index contributed by atoms with van der Waals surface area (Å²) in [6.07, 6.45) is 5.95. The summed E-state index contributed by atoms with van der Waals surface area (Å²) in [5.41, 5.74) is -3.64. The molecule has 0 radical (unpaired) electrons. The van der Waals surface area contributed by atoms with Crippen molar-refractivity contribution < 1.29 is 69.6 Å². The number of primary amides is 1. The molecule has 0 saturated heterocycles. The standard InChI is InChI=1S/C22H24N2O9.C21H26O5.ClH/c1-21(32)7-5-4-6-8(25)9(7)15(26)10-12(21)17(28)13-14(24(2)3)16(27)11(20(23)31)19(30)22(13,33)18(10)29;1-19-7-5-13(23)9-12(19)3-4-14-15-6-8-21(26,17(25)11-22)20(15,2)10-16(24)18(14)19;/h4-6,12-14,17,25-26,28,30,32-33H,1-3H3,(H2,23,31);5,7,9,14-15,18,22,26H,3-4,6,8,10-11H2,1-2H3;1H/t12-,13-,14+,17+,21+,22+;14-,15-,18+,19-,20-,21-;/m10./s1. The van der Waals surface area contributed by atoms with Crippen molar-refractivity contribution >= 4 is 53.0 Å². The maximum Gasteiger partial charge on any atom is 0.255 e. The van der Waals surface area contributed by atoms with Crippen LogP contribution in [0.2, 0.25) is 0 Å². The van der Waals surface area contributed by atoms with Gasteiger partial charge in [-0.15, -0.1) is 12.4 Å². The van der Waals surface area contributed by atoms with E-state index in [0.717, 1.165) is 18.4 Å². The van der Waals surface area contributed by atoms with Crippen LogP contribution in [0.4, 0.5) is 0 Å². The Morgan fingerprint density at radius 1 is 0.967 bits per heavy atom. The Bertz CT molecular complexity index is 2260. The number of allylic oxidation sites excluding steroid dienone is 4. The van der Waals surface area contributed by atoms with E-state index in [-0.39, 0.29) is 59.3 Å². The molecule has 1 aromatic carbocycles. The molecule has 12 atom stereocenters. The van der Waals surface area contributed by atoms with Gasteiger partial charge in [-0.3, -0.25) is 33.7 Å². The molecular weight excluding hydrogens is 804 g/mol. The van der Waals surface area contributed by atoms with Crippen LogP contribution in [0.5, 0.6) is 5.75 Å². The summed E-state index contributed by atoms with van der Waals surface area (Å²) in [5, 5.41) is 86.8. The first-order valence-electron chi connectivity index (χ1n) is 19.6. The number of likely N-dealkylation sites (N-methyl/N-ethyl adjacent to an activating group) is 1. The lowest BCUT2D eigenvalue weighted by atomic mass is 9.46. The van der Waals surface area contributed by atoms with Gasteiger partial charge in [-0.1, -0.05) is 37.6 Å². The van der Waals surface area contributed by atoms with Crippen molar-refractivity contribution in [2.75, 3.05) is 20.7 Å². The van der Waals surface area contributed by atoms with E-state index in [2.05, 4.69) is 0 Å². The van der Waals surface area contributed by atoms with Crippen LogP contribution in [0.3, 0.4) is 0 Å². The minimum absolute atomic E-state index is 0. The summed E-state index contributed by atoms with van der Waals surface area (Å²) in [6, 6.07) is 2.50.